The maximum absolute atomic E-state index is 6.36. The molecule has 0 unspecified atom stereocenters. The first-order valence-corrected chi connectivity index (χ1v) is 19.2. The summed E-state index contributed by atoms with van der Waals surface area (Å²) in [6.45, 7) is 2.17. The van der Waals surface area contributed by atoms with Crippen molar-refractivity contribution < 1.29 is 4.42 Å². The van der Waals surface area contributed by atoms with Gasteiger partial charge in [0.2, 0.25) is 0 Å². The van der Waals surface area contributed by atoms with E-state index < -0.39 is 0 Å². The molecule has 57 heavy (non-hydrogen) atoms. The van der Waals surface area contributed by atoms with Crippen LogP contribution in [0.5, 0.6) is 0 Å². The number of hydrogen-bond acceptors (Lipinski definition) is 4. The van der Waals surface area contributed by atoms with Crippen LogP contribution >= 0.6 is 0 Å². The van der Waals surface area contributed by atoms with Crippen molar-refractivity contribution >= 4 is 43.7 Å². The van der Waals surface area contributed by atoms with Gasteiger partial charge in [0.1, 0.15) is 11.2 Å². The Kier molecular flexibility index (Phi) is 7.64. The Morgan fingerprint density at radius 3 is 1.70 bits per heavy atom. The molecular formula is C52H34N4O. The molecule has 3 aromatic heterocycles. The van der Waals surface area contributed by atoms with E-state index in [1.807, 2.05) is 72.8 Å². The SMILES string of the molecule is Cc1ccccc1-c1ccc2c3ccccc3n(-c3ccc(-c4ccc5c(c4)oc4ccccc45)cc3-c3nc(-c4ccccc4)nc(-c4ccccc4)n3)c2c1. The number of aryl methyl sites for hydroxylation is 1. The van der Waals surface area contributed by atoms with E-state index in [9.17, 15) is 0 Å². The third-order valence-electron chi connectivity index (χ3n) is 11.0. The standard InChI is InChI=1S/C52H34N4O/c1-33-14-8-9-19-39(33)38-25-27-41-40-20-10-12-22-45(40)56(47(41)31-38)46-29-26-36(37-24-28-43-42-21-11-13-23-48(42)57-49(43)32-37)30-44(46)52-54-50(34-15-4-2-5-16-34)53-51(55-52)35-17-6-3-7-18-35/h2-32H,1H3. The number of furan rings is 1. The zero-order valence-electron chi connectivity index (χ0n) is 31.1. The van der Waals surface area contributed by atoms with Gasteiger partial charge in [-0.05, 0) is 77.2 Å². The number of fused-ring (bicyclic) bond motifs is 6. The summed E-state index contributed by atoms with van der Waals surface area (Å²) in [5.41, 5.74) is 13.3. The second kappa shape index (κ2) is 13.3. The third-order valence-corrected chi connectivity index (χ3v) is 11.0. The number of rotatable bonds is 6. The summed E-state index contributed by atoms with van der Waals surface area (Å²) in [5, 5.41) is 4.57. The molecule has 0 N–H and O–H groups in total. The second-order valence-electron chi connectivity index (χ2n) is 14.5. The van der Waals surface area contributed by atoms with Crippen LogP contribution in [0, 0.1) is 6.92 Å². The molecule has 0 saturated carbocycles. The van der Waals surface area contributed by atoms with Crippen LogP contribution in [-0.4, -0.2) is 19.5 Å². The average molecular weight is 731 g/mol. The van der Waals surface area contributed by atoms with Crippen molar-refractivity contribution in [1.29, 1.82) is 0 Å². The number of benzene rings is 8. The molecule has 0 aliphatic rings. The van der Waals surface area contributed by atoms with Crippen LogP contribution in [0.2, 0.25) is 0 Å². The molecule has 5 heteroatoms. The lowest BCUT2D eigenvalue weighted by Gasteiger charge is -2.17. The van der Waals surface area contributed by atoms with E-state index in [1.165, 1.54) is 27.5 Å². The van der Waals surface area contributed by atoms with E-state index in [0.29, 0.717) is 17.5 Å². The minimum atomic E-state index is 0.588. The molecule has 0 aliphatic carbocycles. The molecule has 0 saturated heterocycles. The van der Waals surface area contributed by atoms with Crippen LogP contribution in [-0.2, 0) is 0 Å². The van der Waals surface area contributed by atoms with Gasteiger partial charge in [0.15, 0.2) is 17.5 Å². The van der Waals surface area contributed by atoms with Crippen molar-refractivity contribution in [2.45, 2.75) is 6.92 Å². The predicted octanol–water partition coefficient (Wildman–Crippen LogP) is 13.5. The summed E-state index contributed by atoms with van der Waals surface area (Å²) < 4.78 is 8.73. The quantitative estimate of drug-likeness (QED) is 0.171. The van der Waals surface area contributed by atoms with Gasteiger partial charge in [-0.15, -0.1) is 0 Å². The van der Waals surface area contributed by atoms with Gasteiger partial charge in [-0.2, -0.15) is 0 Å². The fraction of sp³-hybridized carbons (Fsp3) is 0.0192. The van der Waals surface area contributed by atoms with Crippen molar-refractivity contribution in [3.8, 4) is 62.1 Å². The lowest BCUT2D eigenvalue weighted by molar-refractivity contribution is 0.669. The molecule has 0 atom stereocenters. The van der Waals surface area contributed by atoms with E-state index in [1.54, 1.807) is 0 Å². The maximum Gasteiger partial charge on any atom is 0.166 e. The van der Waals surface area contributed by atoms with Crippen molar-refractivity contribution in [1.82, 2.24) is 19.5 Å². The van der Waals surface area contributed by atoms with Gasteiger partial charge in [-0.25, -0.2) is 15.0 Å². The van der Waals surface area contributed by atoms with Crippen molar-refractivity contribution in [2.75, 3.05) is 0 Å². The van der Waals surface area contributed by atoms with Gasteiger partial charge in [-0.1, -0.05) is 146 Å². The molecule has 0 radical (unpaired) electrons. The lowest BCUT2D eigenvalue weighted by atomic mass is 9.99. The second-order valence-corrected chi connectivity index (χ2v) is 14.5. The zero-order chi connectivity index (χ0) is 37.9. The molecule has 0 bridgehead atoms. The summed E-state index contributed by atoms with van der Waals surface area (Å²) >= 11 is 0. The largest absolute Gasteiger partial charge is 0.456 e. The molecule has 0 fully saturated rings. The van der Waals surface area contributed by atoms with Gasteiger partial charge in [0, 0.05) is 38.2 Å². The lowest BCUT2D eigenvalue weighted by Crippen LogP contribution is -2.04. The van der Waals surface area contributed by atoms with Crippen molar-refractivity contribution in [3.63, 3.8) is 0 Å². The monoisotopic (exact) mass is 730 g/mol. The molecule has 3 heterocycles. The number of aromatic nitrogens is 4. The molecule has 11 rings (SSSR count). The van der Waals surface area contributed by atoms with E-state index in [4.69, 9.17) is 19.4 Å². The van der Waals surface area contributed by atoms with Crippen LogP contribution in [0.3, 0.4) is 0 Å². The number of nitrogens with zero attached hydrogens (tertiary/aromatic N) is 4. The zero-order valence-corrected chi connectivity index (χ0v) is 31.1. The summed E-state index contributed by atoms with van der Waals surface area (Å²) in [5.74, 6) is 1.82. The topological polar surface area (TPSA) is 56.7 Å². The van der Waals surface area contributed by atoms with Crippen LogP contribution in [0.15, 0.2) is 192 Å². The Hall–Kier alpha value is -7.63. The molecular weight excluding hydrogens is 697 g/mol. The van der Waals surface area contributed by atoms with Crippen molar-refractivity contribution in [3.05, 3.63) is 194 Å². The fourth-order valence-electron chi connectivity index (χ4n) is 8.22. The Balaban J connectivity index is 1.20. The Bertz CT molecular complexity index is 3250. The van der Waals surface area contributed by atoms with Crippen molar-refractivity contribution in [2.24, 2.45) is 0 Å². The summed E-state index contributed by atoms with van der Waals surface area (Å²) in [4.78, 5) is 15.6. The van der Waals surface area contributed by atoms with Gasteiger partial charge in [0.25, 0.3) is 0 Å². The van der Waals surface area contributed by atoms with Gasteiger partial charge < -0.3 is 8.98 Å². The highest BCUT2D eigenvalue weighted by Gasteiger charge is 2.21. The summed E-state index contributed by atoms with van der Waals surface area (Å²) in [7, 11) is 0. The summed E-state index contributed by atoms with van der Waals surface area (Å²) in [6, 6.07) is 65.6. The van der Waals surface area contributed by atoms with E-state index in [0.717, 1.165) is 66.5 Å². The first-order valence-electron chi connectivity index (χ1n) is 19.2. The van der Waals surface area contributed by atoms with Crippen LogP contribution < -0.4 is 0 Å². The van der Waals surface area contributed by atoms with Gasteiger partial charge in [-0.3, -0.25) is 0 Å². The fourth-order valence-corrected chi connectivity index (χ4v) is 8.22. The predicted molar refractivity (Wildman–Crippen MR) is 233 cm³/mol. The smallest absolute Gasteiger partial charge is 0.166 e. The highest BCUT2D eigenvalue weighted by molar-refractivity contribution is 6.11. The molecule has 8 aromatic carbocycles. The van der Waals surface area contributed by atoms with Crippen LogP contribution in [0.4, 0.5) is 0 Å². The number of hydrogen-bond donors (Lipinski definition) is 0. The Labute approximate surface area is 329 Å². The molecule has 0 amide bonds. The third kappa shape index (κ3) is 5.59. The van der Waals surface area contributed by atoms with Gasteiger partial charge >= 0.3 is 0 Å². The van der Waals surface area contributed by atoms with E-state index >= 15 is 0 Å². The maximum atomic E-state index is 6.36. The first kappa shape index (κ1) is 32.8. The Morgan fingerprint density at radius 1 is 0.368 bits per heavy atom. The molecule has 268 valence electrons. The minimum Gasteiger partial charge on any atom is -0.456 e. The van der Waals surface area contributed by atoms with Crippen LogP contribution in [0.25, 0.3) is 106 Å². The molecule has 5 nitrogen and oxygen atoms in total. The molecule has 11 aromatic rings. The first-order chi connectivity index (χ1) is 28.2. The van der Waals surface area contributed by atoms with E-state index in [2.05, 4.69) is 127 Å². The highest BCUT2D eigenvalue weighted by atomic mass is 16.3. The normalized spacial score (nSPS) is 11.6. The number of para-hydroxylation sites is 2. The molecule has 0 aliphatic heterocycles. The van der Waals surface area contributed by atoms with Crippen LogP contribution in [0.1, 0.15) is 5.56 Å². The summed E-state index contributed by atoms with van der Waals surface area (Å²) in [6.07, 6.45) is 0. The minimum absolute atomic E-state index is 0.588. The van der Waals surface area contributed by atoms with Gasteiger partial charge in [0.05, 0.1) is 16.7 Å². The Morgan fingerprint density at radius 2 is 0.930 bits per heavy atom. The average Bonchev–Trinajstić information content (AvgIpc) is 3.82. The van der Waals surface area contributed by atoms with E-state index in [-0.39, 0.29) is 0 Å². The molecule has 0 spiro atoms. The highest BCUT2D eigenvalue weighted by Crippen LogP contribution is 2.41.